The third-order valence-electron chi connectivity index (χ3n) is 1.99. The summed E-state index contributed by atoms with van der Waals surface area (Å²) in [7, 11) is 1.95. The zero-order valence-corrected chi connectivity index (χ0v) is 9.88. The lowest BCUT2D eigenvalue weighted by Crippen LogP contribution is -1.89. The van der Waals surface area contributed by atoms with Crippen molar-refractivity contribution in [2.75, 3.05) is 0 Å². The molecule has 2 rings (SSSR count). The maximum absolute atomic E-state index is 5.92. The molecular formula is C10H8BrClN2. The average Bonchev–Trinajstić information content (AvgIpc) is 2.46. The van der Waals surface area contributed by atoms with Crippen LogP contribution >= 0.6 is 27.5 Å². The average molecular weight is 272 g/mol. The smallest absolute Gasteiger partial charge is 0.132 e. The molecule has 2 nitrogen and oxygen atoms in total. The lowest BCUT2D eigenvalue weighted by Gasteiger charge is -2.03. The number of nitrogens with zero attached hydrogens (tertiary/aromatic N) is 2. The van der Waals surface area contributed by atoms with Gasteiger partial charge in [0.25, 0.3) is 0 Å². The molecule has 0 saturated heterocycles. The monoisotopic (exact) mass is 270 g/mol. The molecule has 1 aromatic heterocycles. The van der Waals surface area contributed by atoms with Crippen molar-refractivity contribution in [2.24, 2.45) is 7.05 Å². The molecular weight excluding hydrogens is 263 g/mol. The fraction of sp³-hybridized carbons (Fsp3) is 0.100. The Morgan fingerprint density at radius 3 is 2.79 bits per heavy atom. The summed E-state index contributed by atoms with van der Waals surface area (Å²) in [6.45, 7) is 0. The van der Waals surface area contributed by atoms with Crippen molar-refractivity contribution in [3.63, 3.8) is 0 Å². The van der Waals surface area contributed by atoms with Crippen LogP contribution in [0.5, 0.6) is 0 Å². The molecule has 0 N–H and O–H groups in total. The molecule has 0 atom stereocenters. The topological polar surface area (TPSA) is 17.8 Å². The van der Waals surface area contributed by atoms with E-state index < -0.39 is 0 Å². The SMILES string of the molecule is Cn1cnc(Br)c1-c1cccc(Cl)c1. The highest BCUT2D eigenvalue weighted by molar-refractivity contribution is 9.10. The molecule has 0 fully saturated rings. The summed E-state index contributed by atoms with van der Waals surface area (Å²) >= 11 is 9.32. The van der Waals surface area contributed by atoms with E-state index in [0.717, 1.165) is 20.9 Å². The maximum Gasteiger partial charge on any atom is 0.132 e. The highest BCUT2D eigenvalue weighted by atomic mass is 79.9. The Morgan fingerprint density at radius 2 is 2.21 bits per heavy atom. The van der Waals surface area contributed by atoms with E-state index in [1.54, 1.807) is 6.33 Å². The van der Waals surface area contributed by atoms with Gasteiger partial charge in [-0.25, -0.2) is 4.98 Å². The van der Waals surface area contributed by atoms with E-state index >= 15 is 0 Å². The number of aromatic nitrogens is 2. The molecule has 4 heteroatoms. The van der Waals surface area contributed by atoms with Crippen molar-refractivity contribution in [3.05, 3.63) is 40.2 Å². The van der Waals surface area contributed by atoms with Crippen LogP contribution in [0.2, 0.25) is 5.02 Å². The molecule has 72 valence electrons. The molecule has 0 aliphatic carbocycles. The molecule has 0 unspecified atom stereocenters. The maximum atomic E-state index is 5.92. The highest BCUT2D eigenvalue weighted by Crippen LogP contribution is 2.28. The van der Waals surface area contributed by atoms with Gasteiger partial charge in [-0.1, -0.05) is 23.7 Å². The van der Waals surface area contributed by atoms with E-state index in [-0.39, 0.29) is 0 Å². The van der Waals surface area contributed by atoms with Crippen LogP contribution in [-0.2, 0) is 7.05 Å². The standard InChI is InChI=1S/C10H8BrClN2/c1-14-6-13-10(11)9(14)7-3-2-4-8(12)5-7/h2-6H,1H3. The van der Waals surface area contributed by atoms with Gasteiger partial charge in [0.1, 0.15) is 4.60 Å². The van der Waals surface area contributed by atoms with E-state index in [2.05, 4.69) is 20.9 Å². The number of hydrogen-bond donors (Lipinski definition) is 0. The number of imidazole rings is 1. The number of hydrogen-bond acceptors (Lipinski definition) is 1. The van der Waals surface area contributed by atoms with Crippen molar-refractivity contribution < 1.29 is 0 Å². The molecule has 14 heavy (non-hydrogen) atoms. The van der Waals surface area contributed by atoms with Crippen molar-refractivity contribution in [2.45, 2.75) is 0 Å². The van der Waals surface area contributed by atoms with Gasteiger partial charge in [-0.2, -0.15) is 0 Å². The second-order valence-electron chi connectivity index (χ2n) is 3.01. The minimum Gasteiger partial charge on any atom is -0.333 e. The van der Waals surface area contributed by atoms with E-state index in [1.807, 2.05) is 35.9 Å². The summed E-state index contributed by atoms with van der Waals surface area (Å²) in [5.41, 5.74) is 2.09. The lowest BCUT2D eigenvalue weighted by molar-refractivity contribution is 0.921. The second kappa shape index (κ2) is 3.75. The molecule has 0 amide bonds. The van der Waals surface area contributed by atoms with Crippen LogP contribution < -0.4 is 0 Å². The Labute approximate surface area is 95.7 Å². The molecule has 0 bridgehead atoms. The predicted octanol–water partition coefficient (Wildman–Crippen LogP) is 3.50. The number of halogens is 2. The normalized spacial score (nSPS) is 10.5. The molecule has 0 spiro atoms. The van der Waals surface area contributed by atoms with Crippen LogP contribution in [0.15, 0.2) is 35.2 Å². The van der Waals surface area contributed by atoms with E-state index in [9.17, 15) is 0 Å². The molecule has 0 aliphatic heterocycles. The number of benzene rings is 1. The Bertz CT molecular complexity index is 445. The number of rotatable bonds is 1. The van der Waals surface area contributed by atoms with Gasteiger partial charge in [0, 0.05) is 17.6 Å². The lowest BCUT2D eigenvalue weighted by atomic mass is 10.2. The van der Waals surface area contributed by atoms with Gasteiger partial charge in [-0.15, -0.1) is 0 Å². The summed E-state index contributed by atoms with van der Waals surface area (Å²) in [6.07, 6.45) is 1.76. The Kier molecular flexibility index (Phi) is 2.61. The van der Waals surface area contributed by atoms with Crippen molar-refractivity contribution in [1.82, 2.24) is 9.55 Å². The minimum absolute atomic E-state index is 0.732. The molecule has 1 aromatic carbocycles. The first kappa shape index (κ1) is 9.74. The Morgan fingerprint density at radius 1 is 1.43 bits per heavy atom. The number of aryl methyl sites for hydroxylation is 1. The van der Waals surface area contributed by atoms with Gasteiger partial charge in [-0.05, 0) is 28.1 Å². The first-order valence-corrected chi connectivity index (χ1v) is 5.28. The van der Waals surface area contributed by atoms with E-state index in [4.69, 9.17) is 11.6 Å². The van der Waals surface area contributed by atoms with Gasteiger partial charge >= 0.3 is 0 Å². The van der Waals surface area contributed by atoms with Crippen LogP contribution in [0.3, 0.4) is 0 Å². The quantitative estimate of drug-likeness (QED) is 0.776. The first-order chi connectivity index (χ1) is 6.68. The zero-order chi connectivity index (χ0) is 10.1. The van der Waals surface area contributed by atoms with Gasteiger partial charge < -0.3 is 4.57 Å². The molecule has 2 aromatic rings. The largest absolute Gasteiger partial charge is 0.333 e. The predicted molar refractivity (Wildman–Crippen MR) is 61.4 cm³/mol. The summed E-state index contributed by atoms with van der Waals surface area (Å²) in [4.78, 5) is 4.16. The van der Waals surface area contributed by atoms with E-state index in [0.29, 0.717) is 0 Å². The van der Waals surface area contributed by atoms with Crippen LogP contribution in [-0.4, -0.2) is 9.55 Å². The van der Waals surface area contributed by atoms with Crippen LogP contribution in [0.4, 0.5) is 0 Å². The van der Waals surface area contributed by atoms with Crippen LogP contribution in [0.25, 0.3) is 11.3 Å². The van der Waals surface area contributed by atoms with Gasteiger partial charge in [-0.3, -0.25) is 0 Å². The van der Waals surface area contributed by atoms with Gasteiger partial charge in [0.05, 0.1) is 12.0 Å². The van der Waals surface area contributed by atoms with E-state index in [1.165, 1.54) is 0 Å². The van der Waals surface area contributed by atoms with Crippen molar-refractivity contribution in [3.8, 4) is 11.3 Å². The Hall–Kier alpha value is -0.800. The Balaban J connectivity index is 2.59. The van der Waals surface area contributed by atoms with Gasteiger partial charge in [0.2, 0.25) is 0 Å². The van der Waals surface area contributed by atoms with Crippen LogP contribution in [0, 0.1) is 0 Å². The third-order valence-corrected chi connectivity index (χ3v) is 2.81. The first-order valence-electron chi connectivity index (χ1n) is 4.11. The fourth-order valence-electron chi connectivity index (χ4n) is 1.36. The highest BCUT2D eigenvalue weighted by Gasteiger charge is 2.08. The molecule has 1 heterocycles. The molecule has 0 saturated carbocycles. The van der Waals surface area contributed by atoms with Gasteiger partial charge in [0.15, 0.2) is 0 Å². The summed E-state index contributed by atoms with van der Waals surface area (Å²) in [6, 6.07) is 7.71. The third kappa shape index (κ3) is 1.70. The summed E-state index contributed by atoms with van der Waals surface area (Å²) < 4.78 is 2.79. The summed E-state index contributed by atoms with van der Waals surface area (Å²) in [5.74, 6) is 0. The van der Waals surface area contributed by atoms with Crippen molar-refractivity contribution in [1.29, 1.82) is 0 Å². The summed E-state index contributed by atoms with van der Waals surface area (Å²) in [5, 5.41) is 0.732. The minimum atomic E-state index is 0.732. The second-order valence-corrected chi connectivity index (χ2v) is 4.19. The fourth-order valence-corrected chi connectivity index (χ4v) is 2.15. The molecule has 0 aliphatic rings. The molecule has 0 radical (unpaired) electrons. The van der Waals surface area contributed by atoms with Crippen LogP contribution in [0.1, 0.15) is 0 Å². The zero-order valence-electron chi connectivity index (χ0n) is 7.54. The van der Waals surface area contributed by atoms with Crippen molar-refractivity contribution >= 4 is 27.5 Å².